The van der Waals surface area contributed by atoms with Gasteiger partial charge in [-0.3, -0.25) is 9.36 Å². The molecule has 1 atom stereocenters. The van der Waals surface area contributed by atoms with Crippen LogP contribution < -0.4 is 14.9 Å². The summed E-state index contributed by atoms with van der Waals surface area (Å²) in [5, 5.41) is 0.416. The highest BCUT2D eigenvalue weighted by Gasteiger charge is 2.34. The zero-order valence-electron chi connectivity index (χ0n) is 22.2. The van der Waals surface area contributed by atoms with E-state index in [4.69, 9.17) is 25.5 Å². The van der Waals surface area contributed by atoms with Gasteiger partial charge in [0.2, 0.25) is 0 Å². The number of aromatic nitrogens is 1. The number of thiazole rings is 1. The molecule has 4 aromatic rings. The van der Waals surface area contributed by atoms with Crippen molar-refractivity contribution in [2.45, 2.75) is 26.8 Å². The van der Waals surface area contributed by atoms with Gasteiger partial charge in [-0.15, -0.1) is 0 Å². The monoisotopic (exact) mass is 576 g/mol. The summed E-state index contributed by atoms with van der Waals surface area (Å²) in [5.74, 6) is -0.0155. The molecule has 0 radical (unpaired) electrons. The lowest BCUT2D eigenvalue weighted by atomic mass is 9.96. The van der Waals surface area contributed by atoms with Crippen molar-refractivity contribution in [2.75, 3.05) is 13.7 Å². The Bertz CT molecular complexity index is 1860. The highest BCUT2D eigenvalue weighted by molar-refractivity contribution is 7.07. The molecule has 5 rings (SSSR count). The Kier molecular flexibility index (Phi) is 7.60. The number of nitrogens with zero attached hydrogens (tertiary/aromatic N) is 2. The number of halogens is 1. The Morgan fingerprint density at radius 2 is 1.90 bits per heavy atom. The number of allylic oxidation sites excluding steroid dienone is 1. The number of aryl methyl sites for hydroxylation is 1. The standard InChI is InChI=1S/C30H25ClN2O6S/c1-5-38-29(36)25-17(3)32-30-33(26(25)20-8-6-7-9-22(20)31)27(34)24(40-30)15-19-12-13-23(39-19)21-14-18(28(35)37-4)11-10-16(21)2/h6-15,26H,5H2,1-4H3/b24-15+/t26-/m0/s1. The molecule has 10 heteroatoms. The van der Waals surface area contributed by atoms with Crippen molar-refractivity contribution in [3.63, 3.8) is 0 Å². The van der Waals surface area contributed by atoms with Gasteiger partial charge in [0.1, 0.15) is 17.6 Å². The van der Waals surface area contributed by atoms with E-state index >= 15 is 0 Å². The number of benzene rings is 2. The van der Waals surface area contributed by atoms with Crippen LogP contribution in [-0.2, 0) is 14.3 Å². The van der Waals surface area contributed by atoms with Gasteiger partial charge < -0.3 is 13.9 Å². The van der Waals surface area contributed by atoms with Crippen LogP contribution in [0.3, 0.4) is 0 Å². The molecule has 0 bridgehead atoms. The van der Waals surface area contributed by atoms with Crippen molar-refractivity contribution in [1.82, 2.24) is 4.57 Å². The van der Waals surface area contributed by atoms with E-state index < -0.39 is 18.0 Å². The molecule has 1 aliphatic heterocycles. The molecule has 0 saturated carbocycles. The summed E-state index contributed by atoms with van der Waals surface area (Å²) in [6, 6.07) is 15.0. The van der Waals surface area contributed by atoms with Gasteiger partial charge >= 0.3 is 11.9 Å². The number of hydrogen-bond donors (Lipinski definition) is 0. The fourth-order valence-electron chi connectivity index (χ4n) is 4.62. The molecule has 0 saturated heterocycles. The van der Waals surface area contributed by atoms with Gasteiger partial charge in [0.15, 0.2) is 4.80 Å². The van der Waals surface area contributed by atoms with Gasteiger partial charge in [-0.1, -0.05) is 47.2 Å². The van der Waals surface area contributed by atoms with Crippen molar-refractivity contribution in [3.05, 3.63) is 113 Å². The Balaban J connectivity index is 1.62. The summed E-state index contributed by atoms with van der Waals surface area (Å²) < 4.78 is 18.1. The predicted molar refractivity (Wildman–Crippen MR) is 152 cm³/mol. The van der Waals surface area contributed by atoms with Crippen LogP contribution in [0.1, 0.15) is 47.1 Å². The van der Waals surface area contributed by atoms with E-state index in [1.54, 1.807) is 68.5 Å². The number of methoxy groups -OCH3 is 1. The van der Waals surface area contributed by atoms with Gasteiger partial charge in [0.25, 0.3) is 5.56 Å². The van der Waals surface area contributed by atoms with Gasteiger partial charge in [-0.2, -0.15) is 0 Å². The van der Waals surface area contributed by atoms with Gasteiger partial charge in [-0.05, 0) is 62.2 Å². The molecule has 0 fully saturated rings. The van der Waals surface area contributed by atoms with Crippen molar-refractivity contribution in [2.24, 2.45) is 4.99 Å². The molecular formula is C30H25ClN2O6S. The van der Waals surface area contributed by atoms with Crippen molar-refractivity contribution >= 4 is 41.0 Å². The van der Waals surface area contributed by atoms with Crippen LogP contribution in [0.2, 0.25) is 5.02 Å². The van der Waals surface area contributed by atoms with Crippen molar-refractivity contribution in [1.29, 1.82) is 0 Å². The average molecular weight is 577 g/mol. The maximum atomic E-state index is 13.8. The minimum Gasteiger partial charge on any atom is -0.465 e. The third-order valence-corrected chi connectivity index (χ3v) is 7.87. The number of hydrogen-bond acceptors (Lipinski definition) is 8. The van der Waals surface area contributed by atoms with Crippen LogP contribution in [0.25, 0.3) is 17.4 Å². The zero-order chi connectivity index (χ0) is 28.6. The van der Waals surface area contributed by atoms with E-state index in [0.29, 0.717) is 42.7 Å². The van der Waals surface area contributed by atoms with E-state index in [2.05, 4.69) is 4.99 Å². The van der Waals surface area contributed by atoms with E-state index in [-0.39, 0.29) is 17.7 Å². The fraction of sp³-hybridized carbons (Fsp3) is 0.200. The fourth-order valence-corrected chi connectivity index (χ4v) is 5.89. The summed E-state index contributed by atoms with van der Waals surface area (Å²) >= 11 is 7.74. The summed E-state index contributed by atoms with van der Waals surface area (Å²) in [6.07, 6.45) is 1.64. The zero-order valence-corrected chi connectivity index (χ0v) is 23.8. The molecule has 0 aliphatic carbocycles. The molecule has 40 heavy (non-hydrogen) atoms. The molecule has 0 unspecified atom stereocenters. The lowest BCUT2D eigenvalue weighted by Crippen LogP contribution is -2.40. The second kappa shape index (κ2) is 11.1. The number of fused-ring (bicyclic) bond motifs is 1. The number of furan rings is 1. The van der Waals surface area contributed by atoms with E-state index in [1.165, 1.54) is 23.0 Å². The molecule has 204 valence electrons. The predicted octanol–water partition coefficient (Wildman–Crippen LogP) is 4.81. The second-order valence-electron chi connectivity index (χ2n) is 9.05. The molecule has 0 N–H and O–H groups in total. The van der Waals surface area contributed by atoms with Crippen molar-refractivity contribution < 1.29 is 23.5 Å². The van der Waals surface area contributed by atoms with Crippen LogP contribution >= 0.6 is 22.9 Å². The SMILES string of the molecule is CCOC(=O)C1=C(C)N=c2s/c(=C/c3ccc(-c4cc(C(=O)OC)ccc4C)o3)c(=O)n2[C@H]1c1ccccc1Cl. The molecule has 8 nitrogen and oxygen atoms in total. The number of rotatable bonds is 6. The first-order valence-corrected chi connectivity index (χ1v) is 13.7. The van der Waals surface area contributed by atoms with Crippen LogP contribution in [0.4, 0.5) is 0 Å². The summed E-state index contributed by atoms with van der Waals surface area (Å²) in [4.78, 5) is 43.9. The number of esters is 2. The Hall–Kier alpha value is -4.21. The second-order valence-corrected chi connectivity index (χ2v) is 10.5. The smallest absolute Gasteiger partial charge is 0.338 e. The average Bonchev–Trinajstić information content (AvgIpc) is 3.52. The Morgan fingerprint density at radius 3 is 2.62 bits per heavy atom. The quantitative estimate of drug-likeness (QED) is 0.306. The molecule has 1 aliphatic rings. The normalized spacial score (nSPS) is 15.0. The summed E-state index contributed by atoms with van der Waals surface area (Å²) in [6.45, 7) is 5.53. The van der Waals surface area contributed by atoms with Crippen LogP contribution in [0.15, 0.2) is 80.1 Å². The first-order chi connectivity index (χ1) is 19.2. The summed E-state index contributed by atoms with van der Waals surface area (Å²) in [5.41, 5.74) is 3.02. The lowest BCUT2D eigenvalue weighted by Gasteiger charge is -2.25. The highest BCUT2D eigenvalue weighted by Crippen LogP contribution is 2.34. The van der Waals surface area contributed by atoms with E-state index in [9.17, 15) is 14.4 Å². The highest BCUT2D eigenvalue weighted by atomic mass is 35.5. The summed E-state index contributed by atoms with van der Waals surface area (Å²) in [7, 11) is 1.33. The molecule has 3 heterocycles. The maximum Gasteiger partial charge on any atom is 0.338 e. The molecule has 2 aromatic heterocycles. The number of ether oxygens (including phenoxy) is 2. The minimum absolute atomic E-state index is 0.179. The Labute approximate surface area is 238 Å². The number of carbonyl (C=O) groups is 2. The first-order valence-electron chi connectivity index (χ1n) is 12.5. The van der Waals surface area contributed by atoms with Crippen LogP contribution in [0.5, 0.6) is 0 Å². The van der Waals surface area contributed by atoms with Gasteiger partial charge in [0.05, 0.1) is 35.1 Å². The van der Waals surface area contributed by atoms with Crippen LogP contribution in [-0.4, -0.2) is 30.2 Å². The Morgan fingerprint density at radius 1 is 1.12 bits per heavy atom. The van der Waals surface area contributed by atoms with Gasteiger partial charge in [-0.25, -0.2) is 14.6 Å². The van der Waals surface area contributed by atoms with Crippen LogP contribution in [0, 0.1) is 6.92 Å². The van der Waals surface area contributed by atoms with E-state index in [0.717, 1.165) is 11.1 Å². The molecular weight excluding hydrogens is 552 g/mol. The third-order valence-electron chi connectivity index (χ3n) is 6.54. The lowest BCUT2D eigenvalue weighted by molar-refractivity contribution is -0.139. The molecule has 0 amide bonds. The minimum atomic E-state index is -0.804. The van der Waals surface area contributed by atoms with Gasteiger partial charge in [0, 0.05) is 16.7 Å². The third kappa shape index (κ3) is 4.94. The topological polar surface area (TPSA) is 100 Å². The first kappa shape index (κ1) is 27.4. The maximum absolute atomic E-state index is 13.8. The largest absolute Gasteiger partial charge is 0.465 e. The molecule has 0 spiro atoms. The van der Waals surface area contributed by atoms with Crippen molar-refractivity contribution in [3.8, 4) is 11.3 Å². The molecule has 2 aromatic carbocycles. The van der Waals surface area contributed by atoms with E-state index in [1.807, 2.05) is 13.0 Å². The number of carbonyl (C=O) groups excluding carboxylic acids is 2.